The van der Waals surface area contributed by atoms with Crippen LogP contribution in [0.25, 0.3) is 0 Å². The van der Waals surface area contributed by atoms with Gasteiger partial charge in [0.05, 0.1) is 16.6 Å². The van der Waals surface area contributed by atoms with E-state index in [-0.39, 0.29) is 35.9 Å². The Morgan fingerprint density at radius 3 is 1.47 bits per heavy atom. The molecule has 0 spiro atoms. The molecule has 3 saturated heterocycles. The molecule has 0 bridgehead atoms. The first kappa shape index (κ1) is 37.6. The third-order valence-electron chi connectivity index (χ3n) is 6.59. The Bertz CT molecular complexity index is 1070. The van der Waals surface area contributed by atoms with Crippen molar-refractivity contribution in [1.82, 2.24) is 25.3 Å². The van der Waals surface area contributed by atoms with Gasteiger partial charge in [-0.1, -0.05) is 19.7 Å². The summed E-state index contributed by atoms with van der Waals surface area (Å²) in [5.41, 5.74) is 0. The van der Waals surface area contributed by atoms with E-state index in [0.717, 1.165) is 5.75 Å². The van der Waals surface area contributed by atoms with Gasteiger partial charge in [0.2, 0.25) is 29.5 Å². The summed E-state index contributed by atoms with van der Waals surface area (Å²) in [5.74, 6) is -4.05. The third kappa shape index (κ3) is 12.0. The zero-order valence-electron chi connectivity index (χ0n) is 24.1. The summed E-state index contributed by atoms with van der Waals surface area (Å²) in [4.78, 5) is 72.0. The molecule has 0 aromatic heterocycles. The lowest BCUT2D eigenvalue weighted by molar-refractivity contribution is -0.147. The molecule has 17 heteroatoms. The van der Waals surface area contributed by atoms with Crippen molar-refractivity contribution < 1.29 is 47.5 Å². The fourth-order valence-corrected chi connectivity index (χ4v) is 4.88. The SMILES string of the molecule is C=CN1CCC(C(=O)NCCS(O)(O)O)C1=O.C=CN1CCC(C(=O)NCCSC)C1=O.C=CN1CCC(C(=O)O)C1=O. The topological polar surface area (TPSA) is 217 Å². The van der Waals surface area contributed by atoms with E-state index in [1.807, 2.05) is 6.26 Å². The number of aliphatic carboxylic acids is 1. The van der Waals surface area contributed by atoms with Crippen molar-refractivity contribution in [2.75, 3.05) is 50.5 Å². The highest BCUT2D eigenvalue weighted by atomic mass is 32.3. The molecule has 242 valence electrons. The number of nitrogens with one attached hydrogen (secondary N) is 2. The summed E-state index contributed by atoms with van der Waals surface area (Å²) in [7, 11) is -3.60. The molecule has 0 aromatic rings. The van der Waals surface area contributed by atoms with Crippen LogP contribution in [0.15, 0.2) is 38.3 Å². The second-order valence-electron chi connectivity index (χ2n) is 9.42. The van der Waals surface area contributed by atoms with Crippen molar-refractivity contribution in [2.45, 2.75) is 19.3 Å². The molecule has 5 amide bonds. The highest BCUT2D eigenvalue weighted by molar-refractivity contribution is 8.19. The van der Waals surface area contributed by atoms with Crippen molar-refractivity contribution in [3.05, 3.63) is 38.3 Å². The van der Waals surface area contributed by atoms with Gasteiger partial charge < -0.3 is 44.1 Å². The fraction of sp³-hybridized carbons (Fsp3) is 0.538. The molecule has 3 rings (SSSR count). The number of carbonyl (C=O) groups is 6. The molecule has 0 aliphatic carbocycles. The van der Waals surface area contributed by atoms with Gasteiger partial charge in [0.15, 0.2) is 0 Å². The zero-order valence-corrected chi connectivity index (χ0v) is 25.7. The van der Waals surface area contributed by atoms with Crippen LogP contribution in [0.2, 0.25) is 0 Å². The lowest BCUT2D eigenvalue weighted by Gasteiger charge is -2.19. The van der Waals surface area contributed by atoms with Crippen LogP contribution in [0.3, 0.4) is 0 Å². The molecule has 0 radical (unpaired) electrons. The van der Waals surface area contributed by atoms with Gasteiger partial charge >= 0.3 is 5.97 Å². The highest BCUT2D eigenvalue weighted by Gasteiger charge is 2.37. The van der Waals surface area contributed by atoms with Gasteiger partial charge in [-0.2, -0.15) is 11.8 Å². The second kappa shape index (κ2) is 18.3. The Morgan fingerprint density at radius 1 is 0.791 bits per heavy atom. The lowest BCUT2D eigenvalue weighted by Crippen LogP contribution is -2.37. The van der Waals surface area contributed by atoms with E-state index in [1.54, 1.807) is 11.8 Å². The third-order valence-corrected chi connectivity index (χ3v) is 7.96. The number of nitrogens with zero attached hydrogens (tertiary/aromatic N) is 3. The predicted molar refractivity (Wildman–Crippen MR) is 162 cm³/mol. The maximum Gasteiger partial charge on any atom is 0.316 e. The Labute approximate surface area is 256 Å². The maximum atomic E-state index is 11.6. The predicted octanol–water partition coefficient (Wildman–Crippen LogP) is 0.839. The average molecular weight is 648 g/mol. The van der Waals surface area contributed by atoms with Crippen LogP contribution < -0.4 is 10.6 Å². The summed E-state index contributed by atoms with van der Waals surface area (Å²) in [5, 5.41) is 13.7. The highest BCUT2D eigenvalue weighted by Crippen LogP contribution is 2.31. The molecular weight excluding hydrogens is 606 g/mol. The van der Waals surface area contributed by atoms with E-state index in [2.05, 4.69) is 30.4 Å². The molecule has 0 aromatic carbocycles. The molecule has 15 nitrogen and oxygen atoms in total. The molecule has 6 N–H and O–H groups in total. The van der Waals surface area contributed by atoms with Crippen molar-refractivity contribution in [2.24, 2.45) is 17.8 Å². The molecule has 3 heterocycles. The van der Waals surface area contributed by atoms with Gasteiger partial charge in [0.1, 0.15) is 17.8 Å². The first-order chi connectivity index (χ1) is 20.2. The minimum absolute atomic E-state index is 0.0878. The Kier molecular flexibility index (Phi) is 16.0. The molecule has 3 fully saturated rings. The number of amides is 5. The summed E-state index contributed by atoms with van der Waals surface area (Å²) < 4.78 is 26.0. The van der Waals surface area contributed by atoms with Gasteiger partial charge in [0.25, 0.3) is 0 Å². The molecule has 43 heavy (non-hydrogen) atoms. The summed E-state index contributed by atoms with van der Waals surface area (Å²) >= 11 is 1.67. The zero-order chi connectivity index (χ0) is 32.7. The van der Waals surface area contributed by atoms with E-state index in [1.165, 1.54) is 33.3 Å². The number of hydrogen-bond acceptors (Lipinski definition) is 10. The van der Waals surface area contributed by atoms with Crippen molar-refractivity contribution in [3.8, 4) is 0 Å². The standard InChI is InChI=1S/C10H16N2O2S.C9H16N2O5S.C7H9NO3/c1-3-12-6-4-8(10(12)14)9(13)11-5-7-15-2;1-2-11-5-3-7(9(11)13)8(12)10-4-6-17(14,15)16;1-2-8-4-3-5(6(8)9)7(10)11/h3,8H,1,4-7H2,2H3,(H,11,13);2,7,14-16H,1,3-6H2,(H,10,12);2,5H,1,3-4H2,(H,10,11). The molecule has 3 unspecified atom stereocenters. The molecule has 3 aliphatic heterocycles. The number of rotatable bonds is 12. The monoisotopic (exact) mass is 647 g/mol. The molecule has 0 saturated carbocycles. The van der Waals surface area contributed by atoms with Crippen molar-refractivity contribution >= 4 is 58.1 Å². The van der Waals surface area contributed by atoms with Crippen LogP contribution in [0.5, 0.6) is 0 Å². The average Bonchev–Trinajstić information content (AvgIpc) is 3.64. The number of thioether (sulfide) groups is 1. The van der Waals surface area contributed by atoms with E-state index in [4.69, 9.17) is 18.8 Å². The van der Waals surface area contributed by atoms with Gasteiger partial charge in [-0.15, -0.1) is 0 Å². The van der Waals surface area contributed by atoms with Crippen LogP contribution in [0.4, 0.5) is 0 Å². The first-order valence-electron chi connectivity index (χ1n) is 13.3. The van der Waals surface area contributed by atoms with Crippen LogP contribution in [-0.4, -0.2) is 119 Å². The number of hydrogen-bond donors (Lipinski definition) is 6. The maximum absolute atomic E-state index is 11.6. The number of carboxylic acids is 1. The van der Waals surface area contributed by atoms with Crippen LogP contribution in [0, 0.1) is 17.8 Å². The molecule has 3 aliphatic rings. The summed E-state index contributed by atoms with van der Waals surface area (Å²) in [6, 6.07) is 0. The number of carbonyl (C=O) groups excluding carboxylic acids is 5. The van der Waals surface area contributed by atoms with Gasteiger partial charge in [-0.05, 0) is 44.1 Å². The number of carboxylic acid groups (broad SMARTS) is 1. The first-order valence-corrected chi connectivity index (χ1v) is 16.3. The number of likely N-dealkylation sites (tertiary alicyclic amines) is 3. The van der Waals surface area contributed by atoms with Crippen LogP contribution in [0.1, 0.15) is 19.3 Å². The van der Waals surface area contributed by atoms with Gasteiger partial charge in [-0.25, -0.2) is 0 Å². The van der Waals surface area contributed by atoms with Crippen LogP contribution in [-0.2, 0) is 28.8 Å². The molecular formula is C26H41N5O10S2. The minimum Gasteiger partial charge on any atom is -0.481 e. The summed E-state index contributed by atoms with van der Waals surface area (Å²) in [6.07, 6.45) is 7.59. The van der Waals surface area contributed by atoms with E-state index in [0.29, 0.717) is 45.4 Å². The fourth-order valence-electron chi connectivity index (χ4n) is 4.20. The van der Waals surface area contributed by atoms with Gasteiger partial charge in [0, 0.05) is 38.5 Å². The van der Waals surface area contributed by atoms with Crippen molar-refractivity contribution in [1.29, 1.82) is 0 Å². The van der Waals surface area contributed by atoms with Crippen molar-refractivity contribution in [3.63, 3.8) is 0 Å². The Morgan fingerprint density at radius 2 is 1.16 bits per heavy atom. The van der Waals surface area contributed by atoms with Gasteiger partial charge in [-0.3, -0.25) is 28.8 Å². The Hall–Kier alpha value is -3.38. The smallest absolute Gasteiger partial charge is 0.316 e. The normalized spacial score (nSPS) is 21.7. The minimum atomic E-state index is -3.60. The van der Waals surface area contributed by atoms with E-state index >= 15 is 0 Å². The summed E-state index contributed by atoms with van der Waals surface area (Å²) in [6.45, 7) is 12.5. The Balaban J connectivity index is 0.000000330. The van der Waals surface area contributed by atoms with E-state index in [9.17, 15) is 28.8 Å². The van der Waals surface area contributed by atoms with E-state index < -0.39 is 40.5 Å². The lowest BCUT2D eigenvalue weighted by atomic mass is 10.1. The van der Waals surface area contributed by atoms with Crippen LogP contribution >= 0.6 is 22.6 Å². The molecule has 3 atom stereocenters. The largest absolute Gasteiger partial charge is 0.481 e. The quantitative estimate of drug-likeness (QED) is 0.129. The second-order valence-corrected chi connectivity index (χ2v) is 12.1.